The van der Waals surface area contributed by atoms with Gasteiger partial charge in [0.25, 0.3) is 0 Å². The summed E-state index contributed by atoms with van der Waals surface area (Å²) in [6, 6.07) is 2.12. The van der Waals surface area contributed by atoms with Crippen molar-refractivity contribution in [2.75, 3.05) is 43.1 Å². The van der Waals surface area contributed by atoms with E-state index in [2.05, 4.69) is 34.4 Å². The molecule has 1 aromatic rings. The van der Waals surface area contributed by atoms with Gasteiger partial charge in [-0.25, -0.2) is 17.7 Å². The molecule has 0 saturated carbocycles. The molecule has 2 saturated heterocycles. The van der Waals surface area contributed by atoms with Crippen LogP contribution in [0.3, 0.4) is 0 Å². The molecule has 0 unspecified atom stereocenters. The smallest absolute Gasteiger partial charge is 0.224 e. The minimum atomic E-state index is -3.10. The van der Waals surface area contributed by atoms with Crippen LogP contribution in [0.2, 0.25) is 0 Å². The minimum Gasteiger partial charge on any atom is -0.376 e. The molecule has 0 bridgehead atoms. The van der Waals surface area contributed by atoms with Gasteiger partial charge in [-0.1, -0.05) is 13.8 Å². The van der Waals surface area contributed by atoms with Crippen LogP contribution >= 0.6 is 0 Å². The van der Waals surface area contributed by atoms with Crippen LogP contribution < -0.4 is 10.6 Å². The van der Waals surface area contributed by atoms with E-state index in [0.29, 0.717) is 31.5 Å². The van der Waals surface area contributed by atoms with E-state index in [4.69, 9.17) is 4.74 Å². The van der Waals surface area contributed by atoms with Crippen molar-refractivity contribution in [3.8, 4) is 0 Å². The first-order valence-corrected chi connectivity index (χ1v) is 11.6. The second kappa shape index (κ2) is 8.70. The molecule has 2 aliphatic rings. The van der Waals surface area contributed by atoms with E-state index in [-0.39, 0.29) is 18.1 Å². The first-order valence-electron chi connectivity index (χ1n) is 9.73. The molecule has 0 spiro atoms. The molecule has 0 aliphatic carbocycles. The van der Waals surface area contributed by atoms with Crippen molar-refractivity contribution in [2.45, 2.75) is 45.3 Å². The third-order valence-electron chi connectivity index (χ3n) is 5.28. The van der Waals surface area contributed by atoms with Crippen LogP contribution in [0.25, 0.3) is 0 Å². The highest BCUT2D eigenvalue weighted by molar-refractivity contribution is 7.88. The van der Waals surface area contributed by atoms with Gasteiger partial charge >= 0.3 is 0 Å². The maximum Gasteiger partial charge on any atom is 0.224 e. The molecule has 9 heteroatoms. The lowest BCUT2D eigenvalue weighted by Gasteiger charge is -2.35. The van der Waals surface area contributed by atoms with Crippen molar-refractivity contribution < 1.29 is 13.2 Å². The lowest BCUT2D eigenvalue weighted by molar-refractivity contribution is -0.0203. The highest BCUT2D eigenvalue weighted by atomic mass is 32.2. The largest absolute Gasteiger partial charge is 0.376 e. The number of anilines is 2. The number of sulfonamides is 1. The summed E-state index contributed by atoms with van der Waals surface area (Å²) in [5, 5.41) is 6.76. The average molecular weight is 398 g/mol. The molecule has 3 rings (SSSR count). The van der Waals surface area contributed by atoms with E-state index in [0.717, 1.165) is 31.7 Å². The molecule has 3 atom stereocenters. The Morgan fingerprint density at radius 3 is 2.89 bits per heavy atom. The third-order valence-corrected chi connectivity index (χ3v) is 6.55. The van der Waals surface area contributed by atoms with Gasteiger partial charge in [0.1, 0.15) is 5.82 Å². The van der Waals surface area contributed by atoms with E-state index in [9.17, 15) is 8.42 Å². The number of ether oxygens (including phenoxy) is 1. The van der Waals surface area contributed by atoms with Crippen molar-refractivity contribution >= 4 is 21.8 Å². The van der Waals surface area contributed by atoms with Crippen LogP contribution in [-0.4, -0.2) is 67.3 Å². The monoisotopic (exact) mass is 397 g/mol. The van der Waals surface area contributed by atoms with Gasteiger partial charge in [-0.2, -0.15) is 4.98 Å². The molecule has 8 nitrogen and oxygen atoms in total. The standard InChI is InChI=1S/C18H31N5O3S/c1-13(2)17-15(5-4-10-26-17)21-16-6-8-19-18(22-16)20-11-14-7-9-23(12-14)27(3,24)25/h6,8,13-15,17H,4-5,7,9-12H2,1-3H3,(H2,19,20,21,22)/t14-,15+,17+/m1/s1. The summed E-state index contributed by atoms with van der Waals surface area (Å²) in [7, 11) is -3.10. The number of aromatic nitrogens is 2. The van der Waals surface area contributed by atoms with Crippen molar-refractivity contribution in [3.05, 3.63) is 12.3 Å². The van der Waals surface area contributed by atoms with E-state index < -0.39 is 10.0 Å². The van der Waals surface area contributed by atoms with Gasteiger partial charge in [-0.05, 0) is 37.2 Å². The van der Waals surface area contributed by atoms with Gasteiger partial charge < -0.3 is 15.4 Å². The maximum absolute atomic E-state index is 11.6. The van der Waals surface area contributed by atoms with Crippen molar-refractivity contribution in [1.82, 2.24) is 14.3 Å². The molecular formula is C18H31N5O3S. The predicted molar refractivity (Wildman–Crippen MR) is 106 cm³/mol. The van der Waals surface area contributed by atoms with Crippen LogP contribution in [0.5, 0.6) is 0 Å². The first kappa shape index (κ1) is 20.3. The summed E-state index contributed by atoms with van der Waals surface area (Å²) >= 11 is 0. The lowest BCUT2D eigenvalue weighted by atomic mass is 9.94. The summed E-state index contributed by atoms with van der Waals surface area (Å²) in [5.41, 5.74) is 0. The Labute approximate surface area is 162 Å². The van der Waals surface area contributed by atoms with Crippen molar-refractivity contribution in [2.24, 2.45) is 11.8 Å². The number of hydrogen-bond donors (Lipinski definition) is 2. The molecular weight excluding hydrogens is 366 g/mol. The Morgan fingerprint density at radius 1 is 1.37 bits per heavy atom. The molecule has 0 aromatic carbocycles. The SMILES string of the molecule is CC(C)[C@@H]1OCCC[C@@H]1Nc1ccnc(NC[C@H]2CCN(S(C)(=O)=O)C2)n1. The Balaban J connectivity index is 1.55. The first-order chi connectivity index (χ1) is 12.8. The summed E-state index contributed by atoms with van der Waals surface area (Å²) in [4.78, 5) is 8.86. The average Bonchev–Trinajstić information content (AvgIpc) is 3.10. The van der Waals surface area contributed by atoms with Gasteiger partial charge in [0.15, 0.2) is 0 Å². The van der Waals surface area contributed by atoms with E-state index in [1.165, 1.54) is 10.6 Å². The van der Waals surface area contributed by atoms with Crippen LogP contribution in [0.15, 0.2) is 12.3 Å². The molecule has 0 amide bonds. The molecule has 2 aliphatic heterocycles. The predicted octanol–water partition coefficient (Wildman–Crippen LogP) is 1.79. The second-order valence-corrected chi connectivity index (χ2v) is 9.88. The van der Waals surface area contributed by atoms with Gasteiger partial charge in [0.2, 0.25) is 16.0 Å². The summed E-state index contributed by atoms with van der Waals surface area (Å²) in [6.07, 6.45) is 6.16. The third kappa shape index (κ3) is 5.52. The molecule has 2 N–H and O–H groups in total. The Morgan fingerprint density at radius 2 is 2.19 bits per heavy atom. The molecule has 2 fully saturated rings. The van der Waals surface area contributed by atoms with Crippen LogP contribution in [0.4, 0.5) is 11.8 Å². The second-order valence-electron chi connectivity index (χ2n) is 7.89. The van der Waals surface area contributed by atoms with Gasteiger partial charge in [0, 0.05) is 32.4 Å². The molecule has 27 heavy (non-hydrogen) atoms. The highest BCUT2D eigenvalue weighted by Crippen LogP contribution is 2.24. The minimum absolute atomic E-state index is 0.186. The van der Waals surface area contributed by atoms with Crippen LogP contribution in [-0.2, 0) is 14.8 Å². The topological polar surface area (TPSA) is 96.5 Å². The zero-order chi connectivity index (χ0) is 19.4. The Kier molecular flexibility index (Phi) is 6.54. The Bertz CT molecular complexity index is 727. The fourth-order valence-corrected chi connectivity index (χ4v) is 4.75. The summed E-state index contributed by atoms with van der Waals surface area (Å²) in [6.45, 7) is 6.99. The zero-order valence-electron chi connectivity index (χ0n) is 16.4. The number of rotatable bonds is 7. The van der Waals surface area contributed by atoms with Gasteiger partial charge in [-0.3, -0.25) is 0 Å². The van der Waals surface area contributed by atoms with E-state index in [1.54, 1.807) is 6.20 Å². The van der Waals surface area contributed by atoms with Crippen molar-refractivity contribution in [3.63, 3.8) is 0 Å². The number of nitrogens with one attached hydrogen (secondary N) is 2. The highest BCUT2D eigenvalue weighted by Gasteiger charge is 2.29. The fraction of sp³-hybridized carbons (Fsp3) is 0.778. The lowest BCUT2D eigenvalue weighted by Crippen LogP contribution is -2.43. The van der Waals surface area contributed by atoms with Crippen molar-refractivity contribution in [1.29, 1.82) is 0 Å². The van der Waals surface area contributed by atoms with Gasteiger partial charge in [0.05, 0.1) is 18.4 Å². The summed E-state index contributed by atoms with van der Waals surface area (Å²) < 4.78 is 30.7. The quantitative estimate of drug-likeness (QED) is 0.724. The molecule has 0 radical (unpaired) electrons. The number of hydrogen-bond acceptors (Lipinski definition) is 7. The normalized spacial score (nSPS) is 27.0. The molecule has 152 valence electrons. The van der Waals surface area contributed by atoms with E-state index >= 15 is 0 Å². The zero-order valence-corrected chi connectivity index (χ0v) is 17.2. The summed E-state index contributed by atoms with van der Waals surface area (Å²) in [5.74, 6) is 2.08. The Hall–Kier alpha value is -1.45. The molecule has 1 aromatic heterocycles. The fourth-order valence-electron chi connectivity index (χ4n) is 3.83. The van der Waals surface area contributed by atoms with E-state index in [1.807, 2.05) is 6.07 Å². The van der Waals surface area contributed by atoms with Gasteiger partial charge in [-0.15, -0.1) is 0 Å². The molecule has 3 heterocycles. The number of nitrogens with zero attached hydrogens (tertiary/aromatic N) is 3. The van der Waals surface area contributed by atoms with Crippen LogP contribution in [0.1, 0.15) is 33.1 Å². The van der Waals surface area contributed by atoms with Crippen LogP contribution in [0, 0.1) is 11.8 Å². The maximum atomic E-state index is 11.6.